The lowest BCUT2D eigenvalue weighted by Gasteiger charge is -2.06. The van der Waals surface area contributed by atoms with Gasteiger partial charge in [0.2, 0.25) is 5.88 Å². The Kier molecular flexibility index (Phi) is 4.34. The number of hydrogen-bond acceptors (Lipinski definition) is 6. The Hall–Kier alpha value is -3.04. The predicted octanol–water partition coefficient (Wildman–Crippen LogP) is 3.86. The molecule has 0 unspecified atom stereocenters. The molecular formula is C16H14F3N3O4. The van der Waals surface area contributed by atoms with Crippen LogP contribution in [0.3, 0.4) is 0 Å². The van der Waals surface area contributed by atoms with Gasteiger partial charge in [0.1, 0.15) is 0 Å². The number of fused-ring (bicyclic) bond motifs is 1. The average molecular weight is 369 g/mol. The molecule has 10 heteroatoms. The molecule has 0 fully saturated rings. The van der Waals surface area contributed by atoms with Gasteiger partial charge in [-0.3, -0.25) is 0 Å². The van der Waals surface area contributed by atoms with E-state index in [1.54, 1.807) is 26.0 Å². The lowest BCUT2D eigenvalue weighted by Crippen LogP contribution is -2.06. The van der Waals surface area contributed by atoms with Crippen molar-refractivity contribution in [2.24, 2.45) is 7.05 Å². The molecule has 26 heavy (non-hydrogen) atoms. The Morgan fingerprint density at radius 1 is 1.31 bits per heavy atom. The summed E-state index contributed by atoms with van der Waals surface area (Å²) in [6.07, 6.45) is -4.59. The van der Waals surface area contributed by atoms with E-state index in [0.29, 0.717) is 5.56 Å². The number of nitrogens with zero attached hydrogens (tertiary/aromatic N) is 3. The standard InChI is InChI=1S/C16H14F3N3O4/c1-4-24-15(23)14-20-13-9(5-8(2)6-10(13)26-14)25-12-7-11(16(17,18)19)21-22(12)3/h5-7H,4H2,1-3H3. The summed E-state index contributed by atoms with van der Waals surface area (Å²) in [6, 6.07) is 3.98. The monoisotopic (exact) mass is 369 g/mol. The number of rotatable bonds is 4. The molecule has 3 rings (SSSR count). The summed E-state index contributed by atoms with van der Waals surface area (Å²) in [6.45, 7) is 3.53. The van der Waals surface area contributed by atoms with E-state index in [-0.39, 0.29) is 35.2 Å². The topological polar surface area (TPSA) is 79.4 Å². The molecule has 0 atom stereocenters. The highest BCUT2D eigenvalue weighted by atomic mass is 19.4. The van der Waals surface area contributed by atoms with Crippen LogP contribution < -0.4 is 4.74 Å². The smallest absolute Gasteiger partial charge is 0.435 e. The summed E-state index contributed by atoms with van der Waals surface area (Å²) in [4.78, 5) is 15.8. The molecular weight excluding hydrogens is 355 g/mol. The van der Waals surface area contributed by atoms with E-state index < -0.39 is 17.8 Å². The van der Waals surface area contributed by atoms with Crippen LogP contribution in [0.5, 0.6) is 11.6 Å². The second kappa shape index (κ2) is 6.36. The van der Waals surface area contributed by atoms with Crippen LogP contribution in [-0.2, 0) is 18.0 Å². The average Bonchev–Trinajstić information content (AvgIpc) is 3.11. The Morgan fingerprint density at radius 3 is 2.65 bits per heavy atom. The lowest BCUT2D eigenvalue weighted by atomic mass is 10.2. The maximum Gasteiger partial charge on any atom is 0.435 e. The minimum Gasteiger partial charge on any atom is -0.459 e. The number of carbonyl (C=O) groups excluding carboxylic acids is 1. The van der Waals surface area contributed by atoms with Crippen LogP contribution in [0.25, 0.3) is 11.1 Å². The van der Waals surface area contributed by atoms with E-state index >= 15 is 0 Å². The minimum absolute atomic E-state index is 0.134. The lowest BCUT2D eigenvalue weighted by molar-refractivity contribution is -0.141. The Morgan fingerprint density at radius 2 is 2.04 bits per heavy atom. The number of benzene rings is 1. The molecule has 0 saturated heterocycles. The highest BCUT2D eigenvalue weighted by Crippen LogP contribution is 2.35. The van der Waals surface area contributed by atoms with E-state index in [0.717, 1.165) is 10.7 Å². The van der Waals surface area contributed by atoms with Crippen LogP contribution in [0.1, 0.15) is 28.9 Å². The van der Waals surface area contributed by atoms with Crippen molar-refractivity contribution < 1.29 is 31.9 Å². The van der Waals surface area contributed by atoms with Crippen molar-refractivity contribution in [3.05, 3.63) is 35.3 Å². The summed E-state index contributed by atoms with van der Waals surface area (Å²) in [5, 5.41) is 3.39. The number of carbonyl (C=O) groups is 1. The maximum absolute atomic E-state index is 12.8. The van der Waals surface area contributed by atoms with Crippen LogP contribution >= 0.6 is 0 Å². The highest BCUT2D eigenvalue weighted by Gasteiger charge is 2.35. The van der Waals surface area contributed by atoms with Gasteiger partial charge in [-0.2, -0.15) is 23.3 Å². The van der Waals surface area contributed by atoms with Gasteiger partial charge in [-0.15, -0.1) is 0 Å². The molecule has 1 aromatic carbocycles. The molecule has 3 aromatic rings. The van der Waals surface area contributed by atoms with Gasteiger partial charge < -0.3 is 13.9 Å². The zero-order valence-electron chi connectivity index (χ0n) is 14.0. The number of aryl methyl sites for hydroxylation is 2. The van der Waals surface area contributed by atoms with Crippen LogP contribution in [0.15, 0.2) is 22.6 Å². The van der Waals surface area contributed by atoms with Crippen molar-refractivity contribution in [2.75, 3.05) is 6.61 Å². The van der Waals surface area contributed by atoms with Crippen LogP contribution in [-0.4, -0.2) is 27.3 Å². The van der Waals surface area contributed by atoms with Gasteiger partial charge in [0.05, 0.1) is 6.61 Å². The summed E-state index contributed by atoms with van der Waals surface area (Å²) in [7, 11) is 1.32. The van der Waals surface area contributed by atoms with Crippen molar-refractivity contribution in [1.29, 1.82) is 0 Å². The van der Waals surface area contributed by atoms with Gasteiger partial charge in [0, 0.05) is 13.1 Å². The van der Waals surface area contributed by atoms with Gasteiger partial charge in [-0.1, -0.05) is 0 Å². The number of alkyl halides is 3. The first-order valence-electron chi connectivity index (χ1n) is 7.56. The van der Waals surface area contributed by atoms with Crippen LogP contribution in [0.2, 0.25) is 0 Å². The molecule has 7 nitrogen and oxygen atoms in total. The fourth-order valence-corrected chi connectivity index (χ4v) is 2.28. The van der Waals surface area contributed by atoms with E-state index in [1.165, 1.54) is 7.05 Å². The summed E-state index contributed by atoms with van der Waals surface area (Å²) in [5.74, 6) is -1.01. The summed E-state index contributed by atoms with van der Waals surface area (Å²) in [5.41, 5.74) is 0.0678. The molecule has 0 amide bonds. The zero-order valence-corrected chi connectivity index (χ0v) is 14.0. The molecule has 0 radical (unpaired) electrons. The first-order valence-corrected chi connectivity index (χ1v) is 7.56. The van der Waals surface area contributed by atoms with Gasteiger partial charge in [-0.25, -0.2) is 9.48 Å². The molecule has 2 heterocycles. The number of oxazole rings is 1. The number of hydrogen-bond donors (Lipinski definition) is 0. The number of aromatic nitrogens is 3. The fraction of sp³-hybridized carbons (Fsp3) is 0.312. The normalized spacial score (nSPS) is 11.8. The van der Waals surface area contributed by atoms with Gasteiger partial charge in [-0.05, 0) is 31.5 Å². The Labute approximate surface area is 145 Å². The zero-order chi connectivity index (χ0) is 19.1. The van der Waals surface area contributed by atoms with Crippen LogP contribution in [0.4, 0.5) is 13.2 Å². The largest absolute Gasteiger partial charge is 0.459 e. The first-order chi connectivity index (χ1) is 12.2. The molecule has 0 aliphatic heterocycles. The SMILES string of the molecule is CCOC(=O)c1nc2c(Oc3cc(C(F)(F)F)nn3C)cc(C)cc2o1. The molecule has 0 aliphatic rings. The van der Waals surface area contributed by atoms with Crippen molar-refractivity contribution in [1.82, 2.24) is 14.8 Å². The number of ether oxygens (including phenoxy) is 2. The quantitative estimate of drug-likeness (QED) is 0.650. The molecule has 2 aromatic heterocycles. The van der Waals surface area contributed by atoms with Crippen molar-refractivity contribution in [3.8, 4) is 11.6 Å². The van der Waals surface area contributed by atoms with E-state index in [2.05, 4.69) is 10.1 Å². The number of esters is 1. The third-order valence-corrected chi connectivity index (χ3v) is 3.40. The molecule has 0 N–H and O–H groups in total. The molecule has 138 valence electrons. The molecule has 0 saturated carbocycles. The second-order valence-electron chi connectivity index (χ2n) is 5.44. The van der Waals surface area contributed by atoms with E-state index in [4.69, 9.17) is 13.9 Å². The van der Waals surface area contributed by atoms with Gasteiger partial charge in [0.15, 0.2) is 22.5 Å². The fourth-order valence-electron chi connectivity index (χ4n) is 2.28. The first kappa shape index (κ1) is 17.8. The molecule has 0 bridgehead atoms. The van der Waals surface area contributed by atoms with Crippen molar-refractivity contribution in [3.63, 3.8) is 0 Å². The maximum atomic E-state index is 12.8. The summed E-state index contributed by atoms with van der Waals surface area (Å²) >= 11 is 0. The van der Waals surface area contributed by atoms with Crippen LogP contribution in [0, 0.1) is 6.92 Å². The second-order valence-corrected chi connectivity index (χ2v) is 5.44. The van der Waals surface area contributed by atoms with Gasteiger partial charge in [0.25, 0.3) is 0 Å². The Bertz CT molecular complexity index is 975. The molecule has 0 aliphatic carbocycles. The van der Waals surface area contributed by atoms with E-state index in [9.17, 15) is 18.0 Å². The van der Waals surface area contributed by atoms with Crippen molar-refractivity contribution in [2.45, 2.75) is 20.0 Å². The third kappa shape index (κ3) is 3.35. The molecule has 0 spiro atoms. The Balaban J connectivity index is 2.02. The summed E-state index contributed by atoms with van der Waals surface area (Å²) < 4.78 is 55.1. The third-order valence-electron chi connectivity index (χ3n) is 3.40. The van der Waals surface area contributed by atoms with Gasteiger partial charge >= 0.3 is 18.0 Å². The van der Waals surface area contributed by atoms with Crippen molar-refractivity contribution >= 4 is 17.1 Å². The highest BCUT2D eigenvalue weighted by molar-refractivity contribution is 5.90. The minimum atomic E-state index is -4.59. The van der Waals surface area contributed by atoms with E-state index in [1.807, 2.05) is 0 Å². The predicted molar refractivity (Wildman–Crippen MR) is 83.0 cm³/mol. The number of halogens is 3.